The maximum Gasteiger partial charge on any atom is 0.191 e. The number of aliphatic hydroxyl groups excluding tert-OH is 1. The molecule has 1 aromatic heterocycles. The predicted octanol–water partition coefficient (Wildman–Crippen LogP) is 1.81. The Morgan fingerprint density at radius 3 is 2.41 bits per heavy atom. The van der Waals surface area contributed by atoms with E-state index in [9.17, 15) is 5.11 Å². The van der Waals surface area contributed by atoms with Gasteiger partial charge in [-0.3, -0.25) is 9.89 Å². The zero-order valence-corrected chi connectivity index (χ0v) is 16.1. The summed E-state index contributed by atoms with van der Waals surface area (Å²) in [6.07, 6.45) is 5.79. The summed E-state index contributed by atoms with van der Waals surface area (Å²) in [5.74, 6) is 0.818. The summed E-state index contributed by atoms with van der Waals surface area (Å²) in [4.78, 5) is 6.69. The number of hydrogen-bond acceptors (Lipinski definition) is 3. The molecule has 6 nitrogen and oxygen atoms in total. The van der Waals surface area contributed by atoms with Crippen LogP contribution in [-0.4, -0.2) is 53.3 Å². The molecule has 146 valence electrons. The van der Waals surface area contributed by atoms with Gasteiger partial charge in [-0.15, -0.1) is 0 Å². The van der Waals surface area contributed by atoms with Crippen LogP contribution in [-0.2, 0) is 19.6 Å². The SMILES string of the molecule is CN=C(NCCn1cccc1)NCc1ccc(CN2CCC(O)CC2)cc1. The fourth-order valence-corrected chi connectivity index (χ4v) is 3.33. The summed E-state index contributed by atoms with van der Waals surface area (Å²) in [5, 5.41) is 16.3. The molecule has 3 N–H and O–H groups in total. The zero-order valence-electron chi connectivity index (χ0n) is 16.1. The van der Waals surface area contributed by atoms with E-state index in [0.29, 0.717) is 0 Å². The number of aromatic nitrogens is 1. The van der Waals surface area contributed by atoms with Gasteiger partial charge >= 0.3 is 0 Å². The quantitative estimate of drug-likeness (QED) is 0.514. The highest BCUT2D eigenvalue weighted by Crippen LogP contribution is 2.14. The second-order valence-electron chi connectivity index (χ2n) is 7.10. The van der Waals surface area contributed by atoms with Crippen LogP contribution in [0.15, 0.2) is 53.8 Å². The van der Waals surface area contributed by atoms with Crippen LogP contribution in [0.25, 0.3) is 0 Å². The standard InChI is InChI=1S/C21H31N5O/c1-22-21(23-10-15-25-11-2-3-12-25)24-16-18-4-6-19(7-5-18)17-26-13-8-20(27)9-14-26/h2-7,11-12,20,27H,8-10,13-17H2,1H3,(H2,22,23,24). The molecule has 1 aliphatic heterocycles. The van der Waals surface area contributed by atoms with Crippen molar-refractivity contribution in [2.45, 2.75) is 38.6 Å². The molecule has 0 amide bonds. The van der Waals surface area contributed by atoms with Crippen LogP contribution in [0, 0.1) is 0 Å². The molecule has 0 saturated carbocycles. The molecule has 0 atom stereocenters. The van der Waals surface area contributed by atoms with E-state index in [0.717, 1.165) is 58.1 Å². The Bertz CT molecular complexity index is 688. The number of rotatable bonds is 7. The lowest BCUT2D eigenvalue weighted by Gasteiger charge is -2.29. The molecule has 0 spiro atoms. The Morgan fingerprint density at radius 2 is 1.74 bits per heavy atom. The van der Waals surface area contributed by atoms with Crippen molar-refractivity contribution in [3.05, 3.63) is 59.9 Å². The van der Waals surface area contributed by atoms with Crippen LogP contribution in [0.2, 0.25) is 0 Å². The Morgan fingerprint density at radius 1 is 1.07 bits per heavy atom. The minimum Gasteiger partial charge on any atom is -0.393 e. The normalized spacial score (nSPS) is 16.4. The third-order valence-electron chi connectivity index (χ3n) is 5.00. The molecule has 1 aromatic carbocycles. The number of likely N-dealkylation sites (tertiary alicyclic amines) is 1. The maximum atomic E-state index is 9.61. The van der Waals surface area contributed by atoms with Crippen LogP contribution in [0.4, 0.5) is 0 Å². The predicted molar refractivity (Wildman–Crippen MR) is 110 cm³/mol. The van der Waals surface area contributed by atoms with Gasteiger partial charge in [-0.25, -0.2) is 0 Å². The molecule has 2 aromatic rings. The van der Waals surface area contributed by atoms with Crippen molar-refractivity contribution < 1.29 is 5.11 Å². The second-order valence-corrected chi connectivity index (χ2v) is 7.10. The Labute approximate surface area is 161 Å². The van der Waals surface area contributed by atoms with E-state index < -0.39 is 0 Å². The van der Waals surface area contributed by atoms with Gasteiger partial charge < -0.3 is 20.3 Å². The highest BCUT2D eigenvalue weighted by molar-refractivity contribution is 5.79. The zero-order chi connectivity index (χ0) is 18.9. The number of nitrogens with one attached hydrogen (secondary N) is 2. The van der Waals surface area contributed by atoms with Gasteiger partial charge in [-0.05, 0) is 36.1 Å². The Balaban J connectivity index is 1.39. The molecular formula is C21H31N5O. The molecule has 0 unspecified atom stereocenters. The number of benzene rings is 1. The van der Waals surface area contributed by atoms with E-state index >= 15 is 0 Å². The summed E-state index contributed by atoms with van der Waals surface area (Å²) >= 11 is 0. The lowest BCUT2D eigenvalue weighted by molar-refractivity contribution is 0.0792. The summed E-state index contributed by atoms with van der Waals surface area (Å²) in [6, 6.07) is 12.8. The number of hydrogen-bond donors (Lipinski definition) is 3. The molecule has 27 heavy (non-hydrogen) atoms. The van der Waals surface area contributed by atoms with E-state index in [1.165, 1.54) is 11.1 Å². The van der Waals surface area contributed by atoms with Gasteiger partial charge in [-0.1, -0.05) is 24.3 Å². The van der Waals surface area contributed by atoms with Crippen molar-refractivity contribution in [2.75, 3.05) is 26.7 Å². The van der Waals surface area contributed by atoms with Crippen LogP contribution in [0.5, 0.6) is 0 Å². The fourth-order valence-electron chi connectivity index (χ4n) is 3.33. The van der Waals surface area contributed by atoms with Crippen molar-refractivity contribution in [1.29, 1.82) is 0 Å². The monoisotopic (exact) mass is 369 g/mol. The smallest absolute Gasteiger partial charge is 0.191 e. The molecule has 1 fully saturated rings. The van der Waals surface area contributed by atoms with Crippen molar-refractivity contribution in [1.82, 2.24) is 20.1 Å². The van der Waals surface area contributed by atoms with Crippen molar-refractivity contribution >= 4 is 5.96 Å². The second kappa shape index (κ2) is 10.1. The third-order valence-corrected chi connectivity index (χ3v) is 5.00. The first-order valence-electron chi connectivity index (χ1n) is 9.76. The summed E-state index contributed by atoms with van der Waals surface area (Å²) in [6.45, 7) is 5.42. The molecule has 2 heterocycles. The lowest BCUT2D eigenvalue weighted by atomic mass is 10.1. The van der Waals surface area contributed by atoms with Crippen molar-refractivity contribution in [3.8, 4) is 0 Å². The van der Waals surface area contributed by atoms with Crippen LogP contribution >= 0.6 is 0 Å². The van der Waals surface area contributed by atoms with Crippen LogP contribution in [0.1, 0.15) is 24.0 Å². The van der Waals surface area contributed by atoms with Gasteiger partial charge in [0.15, 0.2) is 5.96 Å². The lowest BCUT2D eigenvalue weighted by Crippen LogP contribution is -2.38. The molecule has 0 bridgehead atoms. The number of aliphatic hydroxyl groups is 1. The van der Waals surface area contributed by atoms with Crippen LogP contribution < -0.4 is 10.6 Å². The van der Waals surface area contributed by atoms with Gasteiger partial charge in [0.05, 0.1) is 6.10 Å². The van der Waals surface area contributed by atoms with Gasteiger partial charge in [0.2, 0.25) is 0 Å². The molecule has 1 aliphatic rings. The van der Waals surface area contributed by atoms with Crippen LogP contribution in [0.3, 0.4) is 0 Å². The summed E-state index contributed by atoms with van der Waals surface area (Å²) in [5.41, 5.74) is 2.56. The van der Waals surface area contributed by atoms with Crippen molar-refractivity contribution in [3.63, 3.8) is 0 Å². The molecule has 1 saturated heterocycles. The maximum absolute atomic E-state index is 9.61. The highest BCUT2D eigenvalue weighted by Gasteiger charge is 2.16. The Hall–Kier alpha value is -2.31. The molecule has 0 radical (unpaired) electrons. The van der Waals surface area contributed by atoms with Crippen molar-refractivity contribution in [2.24, 2.45) is 4.99 Å². The molecule has 0 aliphatic carbocycles. The van der Waals surface area contributed by atoms with Gasteiger partial charge in [0.25, 0.3) is 0 Å². The van der Waals surface area contributed by atoms with Gasteiger partial charge in [0.1, 0.15) is 0 Å². The molecular weight excluding hydrogens is 338 g/mol. The first kappa shape index (κ1) is 19.5. The Kier molecular flexibility index (Phi) is 7.30. The average molecular weight is 370 g/mol. The number of piperidine rings is 1. The largest absolute Gasteiger partial charge is 0.393 e. The van der Waals surface area contributed by atoms with E-state index in [1.807, 2.05) is 12.1 Å². The average Bonchev–Trinajstić information content (AvgIpc) is 3.21. The number of nitrogens with zero attached hydrogens (tertiary/aromatic N) is 3. The number of aliphatic imine (C=N–C) groups is 1. The van der Waals surface area contributed by atoms with Gasteiger partial charge in [0, 0.05) is 58.7 Å². The van der Waals surface area contributed by atoms with E-state index in [4.69, 9.17) is 0 Å². The number of guanidine groups is 1. The summed E-state index contributed by atoms with van der Waals surface area (Å²) in [7, 11) is 1.80. The first-order valence-corrected chi connectivity index (χ1v) is 9.76. The third kappa shape index (κ3) is 6.41. The van der Waals surface area contributed by atoms with E-state index in [-0.39, 0.29) is 6.10 Å². The van der Waals surface area contributed by atoms with Gasteiger partial charge in [-0.2, -0.15) is 0 Å². The van der Waals surface area contributed by atoms with E-state index in [1.54, 1.807) is 7.05 Å². The topological polar surface area (TPSA) is 64.8 Å². The first-order chi connectivity index (χ1) is 13.2. The molecule has 3 rings (SSSR count). The minimum atomic E-state index is -0.110. The molecule has 6 heteroatoms. The highest BCUT2D eigenvalue weighted by atomic mass is 16.3. The minimum absolute atomic E-state index is 0.110. The van der Waals surface area contributed by atoms with E-state index in [2.05, 4.69) is 61.8 Å². The summed E-state index contributed by atoms with van der Waals surface area (Å²) < 4.78 is 2.14. The fraction of sp³-hybridized carbons (Fsp3) is 0.476.